The molecule has 6 rings (SSSR count). The van der Waals surface area contributed by atoms with Gasteiger partial charge in [0, 0.05) is 87.8 Å². The number of anilines is 2. The van der Waals surface area contributed by atoms with Gasteiger partial charge in [-0.1, -0.05) is 0 Å². The summed E-state index contributed by atoms with van der Waals surface area (Å²) in [6.07, 6.45) is 1.70. The number of imide groups is 1. The second-order valence-electron chi connectivity index (χ2n) is 13.9. The van der Waals surface area contributed by atoms with E-state index < -0.39 is 17.6 Å². The van der Waals surface area contributed by atoms with Gasteiger partial charge >= 0.3 is 6.09 Å². The maximum absolute atomic E-state index is 13.3. The number of benzene rings is 2. The van der Waals surface area contributed by atoms with Crippen molar-refractivity contribution in [1.29, 1.82) is 0 Å². The van der Waals surface area contributed by atoms with Crippen molar-refractivity contribution in [2.45, 2.75) is 70.7 Å². The van der Waals surface area contributed by atoms with Crippen LogP contribution < -0.4 is 15.1 Å². The normalized spacial score (nSPS) is 20.7. The lowest BCUT2D eigenvalue weighted by Gasteiger charge is -2.38. The molecule has 0 aliphatic carbocycles. The third-order valence-electron chi connectivity index (χ3n) is 9.62. The Morgan fingerprint density at radius 2 is 1.47 bits per heavy atom. The summed E-state index contributed by atoms with van der Waals surface area (Å²) in [7, 11) is 1.84. The topological polar surface area (TPSA) is 123 Å². The number of likely N-dealkylation sites (tertiary alicyclic amines) is 1. The van der Waals surface area contributed by atoms with Gasteiger partial charge in [-0.25, -0.2) is 4.79 Å². The number of carbonyl (C=O) groups is 5. The molecule has 0 saturated carbocycles. The lowest BCUT2D eigenvalue weighted by Crippen LogP contribution is -2.52. The van der Waals surface area contributed by atoms with Crippen molar-refractivity contribution in [3.8, 4) is 0 Å². The van der Waals surface area contributed by atoms with Crippen LogP contribution >= 0.6 is 0 Å². The van der Waals surface area contributed by atoms with E-state index in [0.717, 1.165) is 43.1 Å². The van der Waals surface area contributed by atoms with Gasteiger partial charge in [0.25, 0.3) is 11.8 Å². The van der Waals surface area contributed by atoms with E-state index in [1.54, 1.807) is 14.7 Å². The number of rotatable bonds is 5. The van der Waals surface area contributed by atoms with Crippen LogP contribution in [0.1, 0.15) is 72.7 Å². The first-order chi connectivity index (χ1) is 22.4. The number of hydrogen-bond acceptors (Lipinski definition) is 8. The van der Waals surface area contributed by atoms with E-state index in [1.807, 2.05) is 70.3 Å². The SMILES string of the molecule is CN(C(=O)c1ccc(N2CCN(c3ccc4c(c3)CN([C@@H]3CCC(=O)NC3=O)C4=O)CC2)cc1)C1CCN(C(=O)OC(C)(C)C)CC1. The molecule has 1 N–H and O–H groups in total. The zero-order valence-electron chi connectivity index (χ0n) is 27.7. The van der Waals surface area contributed by atoms with Gasteiger partial charge in [0.2, 0.25) is 11.8 Å². The Kier molecular flexibility index (Phi) is 8.86. The molecule has 12 heteroatoms. The van der Waals surface area contributed by atoms with Crippen LogP contribution in [0.25, 0.3) is 0 Å². The summed E-state index contributed by atoms with van der Waals surface area (Å²) in [4.78, 5) is 72.5. The lowest BCUT2D eigenvalue weighted by atomic mass is 10.0. The number of amides is 5. The summed E-state index contributed by atoms with van der Waals surface area (Å²) >= 11 is 0. The van der Waals surface area contributed by atoms with Crippen molar-refractivity contribution in [2.24, 2.45) is 0 Å². The van der Waals surface area contributed by atoms with E-state index in [2.05, 4.69) is 15.1 Å². The molecule has 250 valence electrons. The van der Waals surface area contributed by atoms with Crippen LogP contribution in [0, 0.1) is 0 Å². The van der Waals surface area contributed by atoms with Crippen molar-refractivity contribution in [2.75, 3.05) is 56.1 Å². The minimum absolute atomic E-state index is 0.0247. The highest BCUT2D eigenvalue weighted by Gasteiger charge is 2.39. The van der Waals surface area contributed by atoms with Crippen molar-refractivity contribution < 1.29 is 28.7 Å². The Balaban J connectivity index is 1.00. The van der Waals surface area contributed by atoms with Gasteiger partial charge in [-0.2, -0.15) is 0 Å². The van der Waals surface area contributed by atoms with Crippen LogP contribution in [-0.4, -0.2) is 108 Å². The zero-order valence-corrected chi connectivity index (χ0v) is 27.7. The van der Waals surface area contributed by atoms with Crippen molar-refractivity contribution in [3.05, 3.63) is 59.2 Å². The van der Waals surface area contributed by atoms with E-state index in [0.29, 0.717) is 50.0 Å². The molecule has 4 aliphatic heterocycles. The third kappa shape index (κ3) is 6.91. The molecule has 3 fully saturated rings. The number of hydrogen-bond donors (Lipinski definition) is 1. The molecule has 0 unspecified atom stereocenters. The second-order valence-corrected chi connectivity index (χ2v) is 13.9. The largest absolute Gasteiger partial charge is 0.444 e. The smallest absolute Gasteiger partial charge is 0.410 e. The summed E-state index contributed by atoms with van der Waals surface area (Å²) in [5.74, 6) is -0.883. The minimum atomic E-state index is -0.620. The molecular formula is C35H44N6O6. The average molecular weight is 645 g/mol. The Labute approximate surface area is 275 Å². The van der Waals surface area contributed by atoms with Gasteiger partial charge in [0.05, 0.1) is 0 Å². The van der Waals surface area contributed by atoms with Crippen LogP contribution in [0.4, 0.5) is 16.2 Å². The van der Waals surface area contributed by atoms with E-state index in [4.69, 9.17) is 4.74 Å². The molecule has 4 heterocycles. The quantitative estimate of drug-likeness (QED) is 0.493. The monoisotopic (exact) mass is 644 g/mol. The zero-order chi connectivity index (χ0) is 33.5. The predicted octanol–water partition coefficient (Wildman–Crippen LogP) is 3.25. The van der Waals surface area contributed by atoms with E-state index in [-0.39, 0.29) is 36.3 Å². The summed E-state index contributed by atoms with van der Waals surface area (Å²) < 4.78 is 5.49. The van der Waals surface area contributed by atoms with Gasteiger partial charge in [-0.05, 0) is 88.1 Å². The second kappa shape index (κ2) is 12.9. The molecule has 0 bridgehead atoms. The van der Waals surface area contributed by atoms with Crippen LogP contribution in [0.3, 0.4) is 0 Å². The predicted molar refractivity (Wildman–Crippen MR) is 176 cm³/mol. The number of ether oxygens (including phenoxy) is 1. The molecule has 5 amide bonds. The standard InChI is InChI=1S/C35H44N6O6/c1-35(2,3)47-34(46)40-15-13-25(14-16-40)37(4)32(44)23-5-7-26(8-6-23)38-17-19-39(20-18-38)27-9-10-28-24(21-27)22-41(33(28)45)29-11-12-30(42)36-31(29)43/h5-10,21,25,29H,11-20,22H2,1-4H3,(H,36,42,43)/t29-/m1/s1. The first-order valence-electron chi connectivity index (χ1n) is 16.5. The number of piperazine rings is 1. The molecule has 2 aromatic carbocycles. The highest BCUT2D eigenvalue weighted by molar-refractivity contribution is 6.05. The molecule has 1 atom stereocenters. The number of nitrogens with zero attached hydrogens (tertiary/aromatic N) is 5. The first-order valence-corrected chi connectivity index (χ1v) is 16.5. The number of carbonyl (C=O) groups excluding carboxylic acids is 5. The Hall–Kier alpha value is -4.61. The molecule has 47 heavy (non-hydrogen) atoms. The Bertz CT molecular complexity index is 1550. The molecule has 12 nitrogen and oxygen atoms in total. The van der Waals surface area contributed by atoms with Crippen LogP contribution in [0.2, 0.25) is 0 Å². The van der Waals surface area contributed by atoms with Gasteiger partial charge in [-0.15, -0.1) is 0 Å². The summed E-state index contributed by atoms with van der Waals surface area (Å²) in [6.45, 7) is 10.3. The van der Waals surface area contributed by atoms with Gasteiger partial charge in [-0.3, -0.25) is 24.5 Å². The molecule has 0 spiro atoms. The van der Waals surface area contributed by atoms with Gasteiger partial charge < -0.3 is 29.2 Å². The van der Waals surface area contributed by atoms with Gasteiger partial charge in [0.15, 0.2) is 0 Å². The maximum atomic E-state index is 13.3. The first kappa shape index (κ1) is 32.3. The van der Waals surface area contributed by atoms with E-state index >= 15 is 0 Å². The molecule has 0 aromatic heterocycles. The summed E-state index contributed by atoms with van der Waals surface area (Å²) in [6, 6.07) is 13.1. The fourth-order valence-corrected chi connectivity index (χ4v) is 6.93. The summed E-state index contributed by atoms with van der Waals surface area (Å²) in [5.41, 5.74) is 3.73. The number of piperidine rings is 2. The highest BCUT2D eigenvalue weighted by atomic mass is 16.6. The van der Waals surface area contributed by atoms with Crippen LogP contribution in [0.15, 0.2) is 42.5 Å². The molecule has 2 aromatic rings. The molecule has 0 radical (unpaired) electrons. The fourth-order valence-electron chi connectivity index (χ4n) is 6.93. The van der Waals surface area contributed by atoms with Crippen molar-refractivity contribution >= 4 is 41.1 Å². The molecule has 4 aliphatic rings. The number of fused-ring (bicyclic) bond motifs is 1. The minimum Gasteiger partial charge on any atom is -0.444 e. The Morgan fingerprint density at radius 1 is 0.851 bits per heavy atom. The Morgan fingerprint density at radius 3 is 2.09 bits per heavy atom. The number of nitrogens with one attached hydrogen (secondary N) is 1. The van der Waals surface area contributed by atoms with E-state index in [9.17, 15) is 24.0 Å². The molecule has 3 saturated heterocycles. The van der Waals surface area contributed by atoms with E-state index in [1.165, 1.54) is 0 Å². The maximum Gasteiger partial charge on any atom is 0.410 e. The lowest BCUT2D eigenvalue weighted by molar-refractivity contribution is -0.136. The highest BCUT2D eigenvalue weighted by Crippen LogP contribution is 2.31. The van der Waals surface area contributed by atoms with Crippen molar-refractivity contribution in [3.63, 3.8) is 0 Å². The summed E-state index contributed by atoms with van der Waals surface area (Å²) in [5, 5.41) is 2.35. The van der Waals surface area contributed by atoms with Crippen LogP contribution in [0.5, 0.6) is 0 Å². The molecular weight excluding hydrogens is 600 g/mol. The van der Waals surface area contributed by atoms with Crippen molar-refractivity contribution in [1.82, 2.24) is 20.0 Å². The third-order valence-corrected chi connectivity index (χ3v) is 9.62. The van der Waals surface area contributed by atoms with Crippen LogP contribution in [-0.2, 0) is 20.9 Å². The average Bonchev–Trinajstić information content (AvgIpc) is 3.38. The van der Waals surface area contributed by atoms with Gasteiger partial charge in [0.1, 0.15) is 11.6 Å². The fraction of sp³-hybridized carbons (Fsp3) is 0.514.